The number of carbonyl (C=O) groups is 1. The van der Waals surface area contributed by atoms with E-state index in [0.717, 1.165) is 0 Å². The smallest absolute Gasteiger partial charge is 0.342 e. The summed E-state index contributed by atoms with van der Waals surface area (Å²) in [5, 5.41) is 8.51. The van der Waals surface area contributed by atoms with Crippen LogP contribution in [0.4, 0.5) is 5.69 Å². The van der Waals surface area contributed by atoms with Crippen molar-refractivity contribution in [3.8, 4) is 5.75 Å². The fourth-order valence-corrected chi connectivity index (χ4v) is 1.10. The van der Waals surface area contributed by atoms with Crippen LogP contribution in [0.3, 0.4) is 0 Å². The van der Waals surface area contributed by atoms with E-state index in [0.29, 0.717) is 11.4 Å². The van der Waals surface area contributed by atoms with Gasteiger partial charge in [0.15, 0.2) is 0 Å². The number of aliphatic hydroxyl groups is 1. The zero-order valence-corrected chi connectivity index (χ0v) is 8.40. The van der Waals surface area contributed by atoms with Crippen molar-refractivity contribution in [1.29, 1.82) is 0 Å². The SMILES string of the molecule is COc1ccc(N)cc1C(=O)OCCO. The number of anilines is 1. The fraction of sp³-hybridized carbons (Fsp3) is 0.300. The van der Waals surface area contributed by atoms with Crippen LogP contribution in [0.1, 0.15) is 10.4 Å². The quantitative estimate of drug-likeness (QED) is 0.557. The molecule has 0 heterocycles. The Morgan fingerprint density at radius 3 is 2.87 bits per heavy atom. The Morgan fingerprint density at radius 2 is 2.27 bits per heavy atom. The third-order valence-corrected chi connectivity index (χ3v) is 1.77. The van der Waals surface area contributed by atoms with Gasteiger partial charge < -0.3 is 20.3 Å². The zero-order chi connectivity index (χ0) is 11.3. The summed E-state index contributed by atoms with van der Waals surface area (Å²) in [6.07, 6.45) is 0. The minimum Gasteiger partial charge on any atom is -0.496 e. The van der Waals surface area contributed by atoms with Gasteiger partial charge in [-0.2, -0.15) is 0 Å². The van der Waals surface area contributed by atoms with Crippen LogP contribution in [-0.2, 0) is 4.74 Å². The summed E-state index contributed by atoms with van der Waals surface area (Å²) in [4.78, 5) is 11.5. The molecule has 3 N–H and O–H groups in total. The van der Waals surface area contributed by atoms with E-state index in [1.54, 1.807) is 12.1 Å². The number of rotatable bonds is 4. The first kappa shape index (κ1) is 11.3. The number of nitrogen functional groups attached to an aromatic ring is 1. The van der Waals surface area contributed by atoms with Gasteiger partial charge in [-0.15, -0.1) is 0 Å². The first-order valence-corrected chi connectivity index (χ1v) is 4.40. The predicted octanol–water partition coefficient (Wildman–Crippen LogP) is 0.426. The Labute approximate surface area is 87.4 Å². The van der Waals surface area contributed by atoms with Crippen molar-refractivity contribution in [1.82, 2.24) is 0 Å². The maximum atomic E-state index is 11.5. The lowest BCUT2D eigenvalue weighted by Gasteiger charge is -2.08. The van der Waals surface area contributed by atoms with Gasteiger partial charge in [-0.05, 0) is 18.2 Å². The van der Waals surface area contributed by atoms with Crippen molar-refractivity contribution in [2.75, 3.05) is 26.1 Å². The Hall–Kier alpha value is -1.75. The topological polar surface area (TPSA) is 81.8 Å². The van der Waals surface area contributed by atoms with Gasteiger partial charge in [-0.1, -0.05) is 0 Å². The Bertz CT molecular complexity index is 351. The van der Waals surface area contributed by atoms with Crippen molar-refractivity contribution < 1.29 is 19.4 Å². The third-order valence-electron chi connectivity index (χ3n) is 1.77. The minimum atomic E-state index is -0.562. The molecule has 0 aliphatic rings. The Kier molecular flexibility index (Phi) is 3.93. The Morgan fingerprint density at radius 1 is 1.53 bits per heavy atom. The standard InChI is InChI=1S/C10H13NO4/c1-14-9-3-2-7(11)6-8(9)10(13)15-5-4-12/h2-3,6,12H,4-5,11H2,1H3. The van der Waals surface area contributed by atoms with Crippen molar-refractivity contribution in [3.63, 3.8) is 0 Å². The van der Waals surface area contributed by atoms with Crippen molar-refractivity contribution in [2.24, 2.45) is 0 Å². The highest BCUT2D eigenvalue weighted by Crippen LogP contribution is 2.21. The molecule has 82 valence electrons. The lowest BCUT2D eigenvalue weighted by atomic mass is 10.2. The number of ether oxygens (including phenoxy) is 2. The van der Waals surface area contributed by atoms with Crippen molar-refractivity contribution in [3.05, 3.63) is 23.8 Å². The lowest BCUT2D eigenvalue weighted by Crippen LogP contribution is -2.10. The first-order chi connectivity index (χ1) is 7.19. The molecule has 0 saturated heterocycles. The maximum Gasteiger partial charge on any atom is 0.342 e. The molecule has 0 unspecified atom stereocenters. The molecule has 0 aliphatic carbocycles. The molecule has 0 atom stereocenters. The molecule has 0 spiro atoms. The van der Waals surface area contributed by atoms with Crippen LogP contribution in [0.2, 0.25) is 0 Å². The van der Waals surface area contributed by atoms with E-state index >= 15 is 0 Å². The molecule has 5 heteroatoms. The molecular weight excluding hydrogens is 198 g/mol. The second kappa shape index (κ2) is 5.21. The number of hydrogen-bond acceptors (Lipinski definition) is 5. The fourth-order valence-electron chi connectivity index (χ4n) is 1.10. The van der Waals surface area contributed by atoms with Crippen LogP contribution in [0, 0.1) is 0 Å². The van der Waals surface area contributed by atoms with Gasteiger partial charge in [0.05, 0.1) is 13.7 Å². The summed E-state index contributed by atoms with van der Waals surface area (Å²) in [5.74, 6) is -0.166. The monoisotopic (exact) mass is 211 g/mol. The third kappa shape index (κ3) is 2.85. The Balaban J connectivity index is 2.90. The van der Waals surface area contributed by atoms with Gasteiger partial charge in [0.2, 0.25) is 0 Å². The number of nitrogens with two attached hydrogens (primary N) is 1. The lowest BCUT2D eigenvalue weighted by molar-refractivity contribution is 0.0430. The van der Waals surface area contributed by atoms with Crippen LogP contribution >= 0.6 is 0 Å². The van der Waals surface area contributed by atoms with Crippen molar-refractivity contribution in [2.45, 2.75) is 0 Å². The van der Waals surface area contributed by atoms with Gasteiger partial charge in [0.25, 0.3) is 0 Å². The molecular formula is C10H13NO4. The van der Waals surface area contributed by atoms with E-state index in [-0.39, 0.29) is 18.8 Å². The largest absolute Gasteiger partial charge is 0.496 e. The van der Waals surface area contributed by atoms with Crippen LogP contribution in [0.15, 0.2) is 18.2 Å². The number of hydrogen-bond donors (Lipinski definition) is 2. The number of aliphatic hydroxyl groups excluding tert-OH is 1. The van der Waals surface area contributed by atoms with Gasteiger partial charge in [-0.3, -0.25) is 0 Å². The molecule has 0 saturated carbocycles. The summed E-state index contributed by atoms with van der Waals surface area (Å²) in [5.41, 5.74) is 6.24. The van der Waals surface area contributed by atoms with Crippen LogP contribution in [-0.4, -0.2) is 31.4 Å². The molecule has 0 fully saturated rings. The second-order valence-electron chi connectivity index (χ2n) is 2.82. The molecule has 5 nitrogen and oxygen atoms in total. The van der Waals surface area contributed by atoms with E-state index in [1.165, 1.54) is 13.2 Å². The predicted molar refractivity (Wildman–Crippen MR) is 54.8 cm³/mol. The van der Waals surface area contributed by atoms with Gasteiger partial charge in [0, 0.05) is 5.69 Å². The molecule has 1 rings (SSSR count). The molecule has 0 radical (unpaired) electrons. The average Bonchev–Trinajstić information content (AvgIpc) is 2.25. The number of esters is 1. The molecule has 15 heavy (non-hydrogen) atoms. The molecule has 1 aromatic rings. The van der Waals surface area contributed by atoms with Crippen LogP contribution < -0.4 is 10.5 Å². The molecule has 0 amide bonds. The van der Waals surface area contributed by atoms with E-state index in [4.69, 9.17) is 20.3 Å². The van der Waals surface area contributed by atoms with Crippen LogP contribution in [0.5, 0.6) is 5.75 Å². The van der Waals surface area contributed by atoms with Crippen molar-refractivity contribution >= 4 is 11.7 Å². The number of carbonyl (C=O) groups excluding carboxylic acids is 1. The molecule has 0 bridgehead atoms. The first-order valence-electron chi connectivity index (χ1n) is 4.40. The minimum absolute atomic E-state index is 0.0449. The number of methoxy groups -OCH3 is 1. The van der Waals surface area contributed by atoms with E-state index in [2.05, 4.69) is 0 Å². The van der Waals surface area contributed by atoms with E-state index in [9.17, 15) is 4.79 Å². The maximum absolute atomic E-state index is 11.5. The van der Waals surface area contributed by atoms with Crippen LogP contribution in [0.25, 0.3) is 0 Å². The summed E-state index contributed by atoms with van der Waals surface area (Å²) in [7, 11) is 1.45. The van der Waals surface area contributed by atoms with Gasteiger partial charge in [-0.25, -0.2) is 4.79 Å². The average molecular weight is 211 g/mol. The highest BCUT2D eigenvalue weighted by atomic mass is 16.5. The highest BCUT2D eigenvalue weighted by molar-refractivity contribution is 5.93. The van der Waals surface area contributed by atoms with E-state index < -0.39 is 5.97 Å². The highest BCUT2D eigenvalue weighted by Gasteiger charge is 2.13. The van der Waals surface area contributed by atoms with Gasteiger partial charge in [0.1, 0.15) is 17.9 Å². The summed E-state index contributed by atoms with van der Waals surface area (Å²) in [6, 6.07) is 4.69. The zero-order valence-electron chi connectivity index (χ0n) is 8.40. The van der Waals surface area contributed by atoms with Gasteiger partial charge >= 0.3 is 5.97 Å². The number of benzene rings is 1. The molecule has 0 aliphatic heterocycles. The molecule has 1 aromatic carbocycles. The molecule has 0 aromatic heterocycles. The second-order valence-corrected chi connectivity index (χ2v) is 2.82. The summed E-state index contributed by atoms with van der Waals surface area (Å²) in [6.45, 7) is -0.257. The normalized spacial score (nSPS) is 9.73. The summed E-state index contributed by atoms with van der Waals surface area (Å²) < 4.78 is 9.73. The van der Waals surface area contributed by atoms with E-state index in [1.807, 2.05) is 0 Å². The summed E-state index contributed by atoms with van der Waals surface area (Å²) >= 11 is 0.